The van der Waals surface area contributed by atoms with Crippen molar-refractivity contribution < 1.29 is 17.4 Å². The van der Waals surface area contributed by atoms with Gasteiger partial charge in [0, 0.05) is 47.1 Å². The monoisotopic (exact) mass is 562 g/mol. The highest BCUT2D eigenvalue weighted by Crippen LogP contribution is 2.27. The lowest BCUT2D eigenvalue weighted by Crippen LogP contribution is -2.46. The molecule has 12 heteroatoms. The van der Waals surface area contributed by atoms with Crippen molar-refractivity contribution in [2.45, 2.75) is 57.0 Å². The normalized spacial score (nSPS) is 20.8. The number of nitrogens with zero attached hydrogens (tertiary/aromatic N) is 3. The summed E-state index contributed by atoms with van der Waals surface area (Å²) in [7, 11) is -0.793. The minimum Gasteiger partial charge on any atom is -0.357 e. The molecule has 3 unspecified atom stereocenters. The molecule has 1 fully saturated rings. The van der Waals surface area contributed by atoms with E-state index in [9.17, 15) is 17.4 Å². The molecule has 0 aromatic carbocycles. The van der Waals surface area contributed by atoms with E-state index in [2.05, 4.69) is 30.9 Å². The van der Waals surface area contributed by atoms with Gasteiger partial charge in [-0.05, 0) is 32.3 Å². The Hall–Kier alpha value is -1.18. The third kappa shape index (κ3) is 8.90. The number of rotatable bonds is 8. The summed E-state index contributed by atoms with van der Waals surface area (Å²) < 4.78 is 50.2. The van der Waals surface area contributed by atoms with E-state index < -0.39 is 22.7 Å². The third-order valence-electron chi connectivity index (χ3n) is 4.58. The van der Waals surface area contributed by atoms with Crippen LogP contribution in [0.25, 0.3) is 0 Å². The molecule has 1 aliphatic rings. The molecule has 0 saturated heterocycles. The quantitative estimate of drug-likeness (QED) is 0.195. The highest BCUT2D eigenvalue weighted by molar-refractivity contribution is 14.0. The summed E-state index contributed by atoms with van der Waals surface area (Å²) in [6, 6.07) is 1.04. The number of halogens is 4. The SMILES string of the molecule is CCNC(=NCCNc1nccc(C(F)(F)F)n1)NC1CCCC(S(=O)CC)C1.I. The van der Waals surface area contributed by atoms with Gasteiger partial charge in [-0.1, -0.05) is 13.3 Å². The van der Waals surface area contributed by atoms with Crippen LogP contribution >= 0.6 is 24.0 Å². The lowest BCUT2D eigenvalue weighted by Gasteiger charge is -2.30. The zero-order valence-electron chi connectivity index (χ0n) is 17.2. The van der Waals surface area contributed by atoms with Gasteiger partial charge in [-0.3, -0.25) is 9.20 Å². The summed E-state index contributed by atoms with van der Waals surface area (Å²) in [5.74, 6) is 1.24. The molecule has 1 saturated carbocycles. The van der Waals surface area contributed by atoms with Gasteiger partial charge in [-0.25, -0.2) is 9.97 Å². The molecular formula is C18H30F3IN6OS. The molecule has 1 aromatic heterocycles. The van der Waals surface area contributed by atoms with E-state index in [0.717, 1.165) is 37.9 Å². The first-order valence-corrected chi connectivity index (χ1v) is 11.3. The Morgan fingerprint density at radius 2 is 2.10 bits per heavy atom. The van der Waals surface area contributed by atoms with E-state index in [1.165, 1.54) is 0 Å². The fraction of sp³-hybridized carbons (Fsp3) is 0.722. The molecule has 1 aliphatic carbocycles. The highest BCUT2D eigenvalue weighted by Gasteiger charge is 2.32. The zero-order chi connectivity index (χ0) is 21.3. The van der Waals surface area contributed by atoms with Crippen molar-refractivity contribution in [2.75, 3.05) is 30.7 Å². The molecule has 3 atom stereocenters. The first kappa shape index (κ1) is 26.9. The van der Waals surface area contributed by atoms with Crippen molar-refractivity contribution in [2.24, 2.45) is 4.99 Å². The Morgan fingerprint density at radius 3 is 2.77 bits per heavy atom. The van der Waals surface area contributed by atoms with Crippen molar-refractivity contribution in [3.05, 3.63) is 18.0 Å². The van der Waals surface area contributed by atoms with Gasteiger partial charge in [0.25, 0.3) is 0 Å². The Morgan fingerprint density at radius 1 is 1.33 bits per heavy atom. The Labute approximate surface area is 195 Å². The van der Waals surface area contributed by atoms with Crippen LogP contribution in [0.5, 0.6) is 0 Å². The van der Waals surface area contributed by atoms with Crippen molar-refractivity contribution in [1.82, 2.24) is 20.6 Å². The lowest BCUT2D eigenvalue weighted by atomic mass is 9.95. The standard InChI is InChI=1S/C18H29F3N6OS.HI/c1-3-22-16(26-13-6-5-7-14(12-13)29(28)4-2)24-10-11-25-17-23-9-8-15(27-17)18(19,20)21;/h8-9,13-14H,3-7,10-12H2,1-2H3,(H2,22,24,26)(H,23,25,27);1H. The van der Waals surface area contributed by atoms with E-state index in [1.807, 2.05) is 13.8 Å². The topological polar surface area (TPSA) is 91.3 Å². The molecule has 0 aliphatic heterocycles. The van der Waals surface area contributed by atoms with Gasteiger partial charge in [-0.2, -0.15) is 13.2 Å². The number of aromatic nitrogens is 2. The van der Waals surface area contributed by atoms with Crippen LogP contribution in [0.2, 0.25) is 0 Å². The smallest absolute Gasteiger partial charge is 0.357 e. The molecule has 0 amide bonds. The first-order valence-electron chi connectivity index (χ1n) is 9.89. The first-order chi connectivity index (χ1) is 13.8. The van der Waals surface area contributed by atoms with E-state index in [-0.39, 0.29) is 41.2 Å². The summed E-state index contributed by atoms with van der Waals surface area (Å²) >= 11 is 0. The molecule has 1 aromatic rings. The molecule has 0 spiro atoms. The van der Waals surface area contributed by atoms with Gasteiger partial charge in [0.15, 0.2) is 5.96 Å². The maximum atomic E-state index is 12.7. The third-order valence-corrected chi connectivity index (χ3v) is 6.32. The zero-order valence-corrected chi connectivity index (χ0v) is 20.3. The fourth-order valence-electron chi connectivity index (χ4n) is 3.20. The maximum Gasteiger partial charge on any atom is 0.433 e. The molecule has 2 rings (SSSR count). The second-order valence-electron chi connectivity index (χ2n) is 6.75. The Kier molecular flexibility index (Phi) is 11.9. The van der Waals surface area contributed by atoms with Gasteiger partial charge < -0.3 is 16.0 Å². The second kappa shape index (κ2) is 13.3. The summed E-state index contributed by atoms with van der Waals surface area (Å²) in [5.41, 5.74) is -0.982. The van der Waals surface area contributed by atoms with Crippen LogP contribution in [0.1, 0.15) is 45.2 Å². The molecule has 7 nitrogen and oxygen atoms in total. The van der Waals surface area contributed by atoms with Crippen LogP contribution in [0, 0.1) is 0 Å². The fourth-order valence-corrected chi connectivity index (χ4v) is 4.55. The number of anilines is 1. The largest absolute Gasteiger partial charge is 0.433 e. The van der Waals surface area contributed by atoms with E-state index in [4.69, 9.17) is 0 Å². The summed E-state index contributed by atoms with van der Waals surface area (Å²) in [6.45, 7) is 5.23. The maximum absolute atomic E-state index is 12.7. The molecule has 1 heterocycles. The van der Waals surface area contributed by atoms with Gasteiger partial charge in [0.2, 0.25) is 5.95 Å². The van der Waals surface area contributed by atoms with Crippen molar-refractivity contribution in [3.63, 3.8) is 0 Å². The average Bonchev–Trinajstić information content (AvgIpc) is 2.70. The minimum absolute atomic E-state index is 0. The van der Waals surface area contributed by atoms with Gasteiger partial charge >= 0.3 is 6.18 Å². The lowest BCUT2D eigenvalue weighted by molar-refractivity contribution is -0.141. The molecule has 0 radical (unpaired) electrons. The summed E-state index contributed by atoms with van der Waals surface area (Å²) in [5, 5.41) is 9.54. The second-order valence-corrected chi connectivity index (χ2v) is 8.76. The minimum atomic E-state index is -4.50. The molecule has 172 valence electrons. The van der Waals surface area contributed by atoms with Crippen LogP contribution < -0.4 is 16.0 Å². The summed E-state index contributed by atoms with van der Waals surface area (Å²) in [6.07, 6.45) is 0.445. The van der Waals surface area contributed by atoms with Gasteiger partial charge in [0.05, 0.1) is 6.54 Å². The van der Waals surface area contributed by atoms with Crippen molar-refractivity contribution >= 4 is 46.7 Å². The molecular weight excluding hydrogens is 532 g/mol. The van der Waals surface area contributed by atoms with E-state index in [1.54, 1.807) is 0 Å². The predicted octanol–water partition coefficient (Wildman–Crippen LogP) is 3.16. The number of alkyl halides is 3. The van der Waals surface area contributed by atoms with Gasteiger partial charge in [-0.15, -0.1) is 24.0 Å². The molecule has 3 N–H and O–H groups in total. The Balaban J connectivity index is 0.00000450. The van der Waals surface area contributed by atoms with E-state index in [0.29, 0.717) is 31.3 Å². The number of aliphatic imine (C=N–C) groups is 1. The number of nitrogens with one attached hydrogen (secondary N) is 3. The molecule has 30 heavy (non-hydrogen) atoms. The van der Waals surface area contributed by atoms with Crippen LogP contribution in [0.4, 0.5) is 19.1 Å². The predicted molar refractivity (Wildman–Crippen MR) is 125 cm³/mol. The molecule has 0 bridgehead atoms. The number of guanidine groups is 1. The van der Waals surface area contributed by atoms with Crippen LogP contribution in [0.3, 0.4) is 0 Å². The average molecular weight is 562 g/mol. The van der Waals surface area contributed by atoms with Crippen molar-refractivity contribution in [3.8, 4) is 0 Å². The number of hydrogen-bond donors (Lipinski definition) is 3. The van der Waals surface area contributed by atoms with Gasteiger partial charge in [0.1, 0.15) is 5.69 Å². The summed E-state index contributed by atoms with van der Waals surface area (Å²) in [4.78, 5) is 11.7. The van der Waals surface area contributed by atoms with Crippen LogP contribution in [-0.4, -0.2) is 56.8 Å². The van der Waals surface area contributed by atoms with Crippen LogP contribution in [0.15, 0.2) is 17.3 Å². The van der Waals surface area contributed by atoms with E-state index >= 15 is 0 Å². The van der Waals surface area contributed by atoms with Crippen molar-refractivity contribution in [1.29, 1.82) is 0 Å². The number of hydrogen-bond acceptors (Lipinski definition) is 5. The van der Waals surface area contributed by atoms with Crippen LogP contribution in [-0.2, 0) is 17.0 Å². The highest BCUT2D eigenvalue weighted by atomic mass is 127. The Bertz CT molecular complexity index is 707.